The number of amides is 1. The van der Waals surface area contributed by atoms with E-state index in [4.69, 9.17) is 4.74 Å². The molecule has 0 radical (unpaired) electrons. The van der Waals surface area contributed by atoms with Crippen LogP contribution in [0.2, 0.25) is 0 Å². The van der Waals surface area contributed by atoms with E-state index in [1.807, 2.05) is 0 Å². The van der Waals surface area contributed by atoms with Gasteiger partial charge in [0.2, 0.25) is 0 Å². The van der Waals surface area contributed by atoms with Gasteiger partial charge >= 0.3 is 12.3 Å². The van der Waals surface area contributed by atoms with Crippen molar-refractivity contribution < 1.29 is 27.8 Å². The maximum atomic E-state index is 12.1. The topological polar surface area (TPSA) is 61.8 Å². The lowest BCUT2D eigenvalue weighted by atomic mass is 10.2. The number of β-amino-alcohol motifs (C(OH)–C–C–N with tert-alkyl or cyclic N) is 1. The Labute approximate surface area is 109 Å². The van der Waals surface area contributed by atoms with Crippen molar-refractivity contribution in [1.82, 2.24) is 10.2 Å². The molecule has 8 heteroatoms. The summed E-state index contributed by atoms with van der Waals surface area (Å²) in [6.45, 7) is 3.83. The number of rotatable bonds is 2. The first-order valence-corrected chi connectivity index (χ1v) is 5.94. The van der Waals surface area contributed by atoms with Gasteiger partial charge in [-0.1, -0.05) is 0 Å². The molecule has 0 aromatic carbocycles. The Morgan fingerprint density at radius 3 is 2.42 bits per heavy atom. The van der Waals surface area contributed by atoms with Crippen LogP contribution in [0.4, 0.5) is 18.0 Å². The Balaban J connectivity index is 2.48. The number of carbonyl (C=O) groups is 1. The predicted octanol–water partition coefficient (Wildman–Crippen LogP) is 1.12. The lowest BCUT2D eigenvalue weighted by molar-refractivity contribution is -0.127. The molecule has 1 rings (SSSR count). The average Bonchev–Trinajstić information content (AvgIpc) is 2.53. The van der Waals surface area contributed by atoms with Crippen LogP contribution >= 0.6 is 0 Å². The third-order valence-corrected chi connectivity index (χ3v) is 2.51. The fourth-order valence-corrected chi connectivity index (χ4v) is 1.71. The molecule has 1 aliphatic rings. The smallest absolute Gasteiger partial charge is 0.410 e. The number of carbonyl (C=O) groups excluding carboxylic acids is 1. The van der Waals surface area contributed by atoms with Crippen LogP contribution < -0.4 is 5.32 Å². The van der Waals surface area contributed by atoms with Gasteiger partial charge in [-0.05, 0) is 20.8 Å². The zero-order valence-electron chi connectivity index (χ0n) is 11.1. The summed E-state index contributed by atoms with van der Waals surface area (Å²) in [7, 11) is 0. The third kappa shape index (κ3) is 5.65. The highest BCUT2D eigenvalue weighted by Crippen LogP contribution is 2.18. The van der Waals surface area contributed by atoms with E-state index in [9.17, 15) is 23.1 Å². The van der Waals surface area contributed by atoms with E-state index in [0.717, 1.165) is 0 Å². The summed E-state index contributed by atoms with van der Waals surface area (Å²) in [5, 5.41) is 11.8. The number of nitrogens with one attached hydrogen (secondary N) is 1. The van der Waals surface area contributed by atoms with Crippen molar-refractivity contribution >= 4 is 6.09 Å². The minimum Gasteiger partial charge on any atom is -0.444 e. The summed E-state index contributed by atoms with van der Waals surface area (Å²) in [5.41, 5.74) is -0.681. The largest absolute Gasteiger partial charge is 0.444 e. The maximum Gasteiger partial charge on any atom is 0.410 e. The third-order valence-electron chi connectivity index (χ3n) is 2.51. The second kappa shape index (κ2) is 5.54. The van der Waals surface area contributed by atoms with Crippen LogP contribution in [0.3, 0.4) is 0 Å². The van der Waals surface area contributed by atoms with E-state index in [1.54, 1.807) is 20.8 Å². The van der Waals surface area contributed by atoms with Crippen LogP contribution in [0.1, 0.15) is 20.8 Å². The van der Waals surface area contributed by atoms with Crippen molar-refractivity contribution in [3.05, 3.63) is 0 Å². The summed E-state index contributed by atoms with van der Waals surface area (Å²) in [4.78, 5) is 12.9. The van der Waals surface area contributed by atoms with E-state index in [1.165, 1.54) is 4.90 Å². The Hall–Kier alpha value is -1.02. The van der Waals surface area contributed by atoms with Crippen molar-refractivity contribution in [2.75, 3.05) is 19.6 Å². The van der Waals surface area contributed by atoms with Gasteiger partial charge in [0.05, 0.1) is 25.2 Å². The first-order valence-electron chi connectivity index (χ1n) is 5.94. The summed E-state index contributed by atoms with van der Waals surface area (Å²) >= 11 is 0. The minimum absolute atomic E-state index is 0.00778. The van der Waals surface area contributed by atoms with Crippen LogP contribution in [0.25, 0.3) is 0 Å². The molecule has 1 saturated heterocycles. The molecule has 0 saturated carbocycles. The molecule has 0 aliphatic carbocycles. The average molecular weight is 284 g/mol. The van der Waals surface area contributed by atoms with E-state index in [-0.39, 0.29) is 13.1 Å². The van der Waals surface area contributed by atoms with Gasteiger partial charge in [0.15, 0.2) is 0 Å². The highest BCUT2D eigenvalue weighted by molar-refractivity contribution is 5.68. The predicted molar refractivity (Wildman–Crippen MR) is 61.7 cm³/mol. The molecule has 0 unspecified atom stereocenters. The quantitative estimate of drug-likeness (QED) is 0.797. The first kappa shape index (κ1) is 16.0. The lowest BCUT2D eigenvalue weighted by Gasteiger charge is -2.24. The molecule has 2 atom stereocenters. The molecule has 1 heterocycles. The fourth-order valence-electron chi connectivity index (χ4n) is 1.71. The molecule has 0 bridgehead atoms. The number of hydrogen-bond acceptors (Lipinski definition) is 4. The van der Waals surface area contributed by atoms with Crippen molar-refractivity contribution in [3.8, 4) is 0 Å². The monoisotopic (exact) mass is 284 g/mol. The van der Waals surface area contributed by atoms with Crippen LogP contribution in [-0.4, -0.2) is 59.7 Å². The number of likely N-dealkylation sites (tertiary alicyclic amines) is 1. The van der Waals surface area contributed by atoms with E-state index >= 15 is 0 Å². The Bertz CT molecular complexity index is 328. The van der Waals surface area contributed by atoms with Crippen molar-refractivity contribution in [1.29, 1.82) is 0 Å². The standard InChI is InChI=1S/C11H19F3N2O3/c1-10(2,3)19-9(18)16-4-7(8(17)5-16)15-6-11(12,13)14/h7-8,15,17H,4-6H2,1-3H3/t7-,8-/m1/s1. The highest BCUT2D eigenvalue weighted by atomic mass is 19.4. The fraction of sp³-hybridized carbons (Fsp3) is 0.909. The van der Waals surface area contributed by atoms with Gasteiger partial charge in [-0.3, -0.25) is 0 Å². The highest BCUT2D eigenvalue weighted by Gasteiger charge is 2.38. The Morgan fingerprint density at radius 2 is 1.95 bits per heavy atom. The van der Waals surface area contributed by atoms with E-state index in [2.05, 4.69) is 5.32 Å². The second-order valence-corrected chi connectivity index (χ2v) is 5.56. The molecule has 1 aliphatic heterocycles. The van der Waals surface area contributed by atoms with Gasteiger partial charge in [-0.15, -0.1) is 0 Å². The number of aliphatic hydroxyl groups is 1. The molecular formula is C11H19F3N2O3. The number of alkyl halides is 3. The van der Waals surface area contributed by atoms with Gasteiger partial charge in [-0.25, -0.2) is 4.79 Å². The van der Waals surface area contributed by atoms with Gasteiger partial charge in [0.1, 0.15) is 5.60 Å². The molecule has 0 spiro atoms. The normalized spacial score (nSPS) is 24.7. The first-order chi connectivity index (χ1) is 8.48. The summed E-state index contributed by atoms with van der Waals surface area (Å²) in [6.07, 6.45) is -6.02. The summed E-state index contributed by atoms with van der Waals surface area (Å²) < 4.78 is 41.3. The number of hydrogen-bond donors (Lipinski definition) is 2. The van der Waals surface area contributed by atoms with Gasteiger partial charge < -0.3 is 20.1 Å². The Morgan fingerprint density at radius 1 is 1.37 bits per heavy atom. The van der Waals surface area contributed by atoms with E-state index in [0.29, 0.717) is 0 Å². The molecule has 2 N–H and O–H groups in total. The maximum absolute atomic E-state index is 12.1. The second-order valence-electron chi connectivity index (χ2n) is 5.56. The van der Waals surface area contributed by atoms with Crippen molar-refractivity contribution in [3.63, 3.8) is 0 Å². The molecule has 0 aromatic rings. The number of halogens is 3. The molecule has 0 aromatic heterocycles. The lowest BCUT2D eigenvalue weighted by Crippen LogP contribution is -2.44. The van der Waals surface area contributed by atoms with Crippen molar-refractivity contribution in [2.45, 2.75) is 44.7 Å². The van der Waals surface area contributed by atoms with Crippen LogP contribution in [-0.2, 0) is 4.74 Å². The minimum atomic E-state index is -4.35. The zero-order chi connectivity index (χ0) is 14.8. The number of nitrogens with zero attached hydrogens (tertiary/aromatic N) is 1. The summed E-state index contributed by atoms with van der Waals surface area (Å²) in [5.74, 6) is 0. The van der Waals surface area contributed by atoms with Crippen molar-refractivity contribution in [2.24, 2.45) is 0 Å². The van der Waals surface area contributed by atoms with Crippen LogP contribution in [0.15, 0.2) is 0 Å². The molecular weight excluding hydrogens is 265 g/mol. The summed E-state index contributed by atoms with van der Waals surface area (Å²) in [6, 6.07) is -0.797. The molecule has 1 amide bonds. The van der Waals surface area contributed by atoms with E-state index < -0.39 is 36.6 Å². The van der Waals surface area contributed by atoms with Crippen LogP contribution in [0, 0.1) is 0 Å². The zero-order valence-corrected chi connectivity index (χ0v) is 11.1. The number of aliphatic hydroxyl groups excluding tert-OH is 1. The molecule has 112 valence electrons. The van der Waals surface area contributed by atoms with Gasteiger partial charge in [0, 0.05) is 6.54 Å². The van der Waals surface area contributed by atoms with Gasteiger partial charge in [-0.2, -0.15) is 13.2 Å². The molecule has 5 nitrogen and oxygen atoms in total. The SMILES string of the molecule is CC(C)(C)OC(=O)N1C[C@@H](O)[C@H](NCC(F)(F)F)C1. The molecule has 19 heavy (non-hydrogen) atoms. The van der Waals surface area contributed by atoms with Crippen LogP contribution in [0.5, 0.6) is 0 Å². The number of ether oxygens (including phenoxy) is 1. The molecule has 1 fully saturated rings. The van der Waals surface area contributed by atoms with Gasteiger partial charge in [0.25, 0.3) is 0 Å². The Kier molecular flexibility index (Phi) is 4.67.